The summed E-state index contributed by atoms with van der Waals surface area (Å²) in [5.74, 6) is 0.911. The van der Waals surface area contributed by atoms with Gasteiger partial charge in [-0.3, -0.25) is 0 Å². The molecule has 4 rings (SSSR count). The molecule has 0 unspecified atom stereocenters. The Morgan fingerprint density at radius 2 is 1.74 bits per heavy atom. The molecule has 0 spiro atoms. The van der Waals surface area contributed by atoms with Crippen LogP contribution in [0.1, 0.15) is 5.69 Å². The Hall–Kier alpha value is -2.07. The van der Waals surface area contributed by atoms with Crippen molar-refractivity contribution in [3.63, 3.8) is 0 Å². The Balaban J connectivity index is 1.91. The van der Waals surface area contributed by atoms with Crippen LogP contribution < -0.4 is 0 Å². The van der Waals surface area contributed by atoms with E-state index in [-0.39, 0.29) is 0 Å². The summed E-state index contributed by atoms with van der Waals surface area (Å²) in [6.07, 6.45) is 0. The second kappa shape index (κ2) is 4.24. The second-order valence-corrected chi connectivity index (χ2v) is 5.44. The molecule has 0 bridgehead atoms. The molecule has 0 amide bonds. The summed E-state index contributed by atoms with van der Waals surface area (Å²) in [4.78, 5) is 1.26. The summed E-state index contributed by atoms with van der Waals surface area (Å²) in [6.45, 7) is 0. The van der Waals surface area contributed by atoms with E-state index in [0.717, 1.165) is 22.7 Å². The Morgan fingerprint density at radius 3 is 2.63 bits per heavy atom. The van der Waals surface area contributed by atoms with Crippen LogP contribution in [-0.4, -0.2) is 15.0 Å². The molecule has 1 aromatic heterocycles. The molecule has 0 N–H and O–H groups in total. The van der Waals surface area contributed by atoms with Gasteiger partial charge in [0.2, 0.25) is 0 Å². The molecular formula is C15H11N3S. The van der Waals surface area contributed by atoms with E-state index in [1.165, 1.54) is 10.6 Å². The van der Waals surface area contributed by atoms with Crippen molar-refractivity contribution < 1.29 is 0 Å². The van der Waals surface area contributed by atoms with E-state index >= 15 is 0 Å². The third-order valence-corrected chi connectivity index (χ3v) is 4.34. The van der Waals surface area contributed by atoms with Gasteiger partial charge in [-0.25, -0.2) is 4.68 Å². The molecule has 2 aromatic carbocycles. The molecule has 92 valence electrons. The van der Waals surface area contributed by atoms with Crippen molar-refractivity contribution >= 4 is 11.8 Å². The van der Waals surface area contributed by atoms with Gasteiger partial charge in [0, 0.05) is 16.2 Å². The average Bonchev–Trinajstić information content (AvgIpc) is 2.92. The molecule has 19 heavy (non-hydrogen) atoms. The van der Waals surface area contributed by atoms with Crippen LogP contribution in [0.4, 0.5) is 0 Å². The second-order valence-electron chi connectivity index (χ2n) is 4.42. The smallest absolute Gasteiger partial charge is 0.117 e. The number of aromatic nitrogens is 3. The Kier molecular flexibility index (Phi) is 2.42. The maximum atomic E-state index is 4.37. The topological polar surface area (TPSA) is 30.7 Å². The van der Waals surface area contributed by atoms with Crippen molar-refractivity contribution in [3.8, 4) is 16.9 Å². The molecule has 2 heterocycles. The Morgan fingerprint density at radius 1 is 0.947 bits per heavy atom. The summed E-state index contributed by atoms with van der Waals surface area (Å²) in [6, 6.07) is 18.6. The molecule has 3 nitrogen and oxygen atoms in total. The van der Waals surface area contributed by atoms with Gasteiger partial charge in [-0.05, 0) is 12.1 Å². The molecule has 0 fully saturated rings. The number of rotatable bonds is 1. The predicted octanol–water partition coefficient (Wildman–Crippen LogP) is 3.54. The largest absolute Gasteiger partial charge is 0.215 e. The minimum Gasteiger partial charge on any atom is -0.215 e. The zero-order valence-electron chi connectivity index (χ0n) is 10.2. The maximum absolute atomic E-state index is 4.37. The van der Waals surface area contributed by atoms with Gasteiger partial charge in [-0.1, -0.05) is 47.7 Å². The first-order valence-corrected chi connectivity index (χ1v) is 7.14. The van der Waals surface area contributed by atoms with E-state index in [9.17, 15) is 0 Å². The Bertz CT molecular complexity index is 721. The summed E-state index contributed by atoms with van der Waals surface area (Å²) in [7, 11) is 0. The molecule has 0 radical (unpaired) electrons. The highest BCUT2D eigenvalue weighted by atomic mass is 32.2. The van der Waals surface area contributed by atoms with Crippen molar-refractivity contribution in [2.75, 3.05) is 0 Å². The van der Waals surface area contributed by atoms with Crippen LogP contribution in [0, 0.1) is 0 Å². The number of para-hydroxylation sites is 1. The van der Waals surface area contributed by atoms with Crippen LogP contribution in [0.25, 0.3) is 16.9 Å². The van der Waals surface area contributed by atoms with Crippen molar-refractivity contribution in [1.82, 2.24) is 15.0 Å². The lowest BCUT2D eigenvalue weighted by molar-refractivity contribution is 0.764. The van der Waals surface area contributed by atoms with Gasteiger partial charge in [0.1, 0.15) is 5.69 Å². The van der Waals surface area contributed by atoms with Gasteiger partial charge >= 0.3 is 0 Å². The molecule has 0 aliphatic carbocycles. The van der Waals surface area contributed by atoms with Crippen molar-refractivity contribution in [2.45, 2.75) is 10.6 Å². The molecule has 1 aliphatic heterocycles. The lowest BCUT2D eigenvalue weighted by Crippen LogP contribution is -2.07. The van der Waals surface area contributed by atoms with Crippen molar-refractivity contribution in [2.24, 2.45) is 0 Å². The Labute approximate surface area is 115 Å². The first-order chi connectivity index (χ1) is 9.43. The summed E-state index contributed by atoms with van der Waals surface area (Å²) in [5, 5.41) is 8.69. The highest BCUT2D eigenvalue weighted by Crippen LogP contribution is 2.37. The summed E-state index contributed by atoms with van der Waals surface area (Å²) >= 11 is 1.84. The average molecular weight is 265 g/mol. The number of fused-ring (bicyclic) bond motifs is 3. The van der Waals surface area contributed by atoms with Gasteiger partial charge in [0.15, 0.2) is 0 Å². The number of benzene rings is 2. The third kappa shape index (κ3) is 1.68. The summed E-state index contributed by atoms with van der Waals surface area (Å²) in [5.41, 5.74) is 4.42. The number of hydrogen-bond donors (Lipinski definition) is 0. The third-order valence-electron chi connectivity index (χ3n) is 3.27. The molecule has 0 saturated heterocycles. The van der Waals surface area contributed by atoms with Crippen LogP contribution >= 0.6 is 11.8 Å². The highest BCUT2D eigenvalue weighted by molar-refractivity contribution is 7.98. The van der Waals surface area contributed by atoms with E-state index in [1.807, 2.05) is 40.7 Å². The molecule has 0 saturated carbocycles. The van der Waals surface area contributed by atoms with Crippen LogP contribution in [0.3, 0.4) is 0 Å². The van der Waals surface area contributed by atoms with E-state index in [2.05, 4.69) is 40.6 Å². The lowest BCUT2D eigenvalue weighted by atomic mass is 10.1. The van der Waals surface area contributed by atoms with Crippen LogP contribution in [0.15, 0.2) is 59.5 Å². The fraction of sp³-hybridized carbons (Fsp3) is 0.0667. The maximum Gasteiger partial charge on any atom is 0.117 e. The number of nitrogens with zero attached hydrogens (tertiary/aromatic N) is 3. The monoisotopic (exact) mass is 265 g/mol. The van der Waals surface area contributed by atoms with E-state index in [4.69, 9.17) is 0 Å². The minimum atomic E-state index is 0.911. The molecule has 3 aromatic rings. The SMILES string of the molecule is c1ccc(-c2nnn3c2CSc2ccccc2-3)cc1. The normalized spacial score (nSPS) is 12.8. The zero-order valence-corrected chi connectivity index (χ0v) is 11.0. The summed E-state index contributed by atoms with van der Waals surface area (Å²) < 4.78 is 1.97. The number of thioether (sulfide) groups is 1. The van der Waals surface area contributed by atoms with Crippen LogP contribution in [0.2, 0.25) is 0 Å². The van der Waals surface area contributed by atoms with Crippen molar-refractivity contribution in [3.05, 3.63) is 60.3 Å². The molecule has 1 aliphatic rings. The van der Waals surface area contributed by atoms with E-state index in [1.54, 1.807) is 0 Å². The highest BCUT2D eigenvalue weighted by Gasteiger charge is 2.22. The predicted molar refractivity (Wildman–Crippen MR) is 76.4 cm³/mol. The molecule has 0 atom stereocenters. The fourth-order valence-electron chi connectivity index (χ4n) is 2.35. The van der Waals surface area contributed by atoms with Crippen molar-refractivity contribution in [1.29, 1.82) is 0 Å². The van der Waals surface area contributed by atoms with E-state index < -0.39 is 0 Å². The van der Waals surface area contributed by atoms with Crippen LogP contribution in [-0.2, 0) is 5.75 Å². The first-order valence-electron chi connectivity index (χ1n) is 6.16. The minimum absolute atomic E-state index is 0.911. The van der Waals surface area contributed by atoms with Gasteiger partial charge < -0.3 is 0 Å². The van der Waals surface area contributed by atoms with E-state index in [0.29, 0.717) is 0 Å². The number of hydrogen-bond acceptors (Lipinski definition) is 3. The fourth-order valence-corrected chi connectivity index (χ4v) is 3.37. The van der Waals surface area contributed by atoms with Gasteiger partial charge in [-0.15, -0.1) is 16.9 Å². The lowest BCUT2D eigenvalue weighted by Gasteiger charge is -2.16. The molecular weight excluding hydrogens is 254 g/mol. The quantitative estimate of drug-likeness (QED) is 0.674. The first kappa shape index (κ1) is 10.8. The zero-order chi connectivity index (χ0) is 12.7. The van der Waals surface area contributed by atoms with Gasteiger partial charge in [0.25, 0.3) is 0 Å². The van der Waals surface area contributed by atoms with Gasteiger partial charge in [-0.2, -0.15) is 0 Å². The molecule has 4 heteroatoms. The van der Waals surface area contributed by atoms with Crippen LogP contribution in [0.5, 0.6) is 0 Å². The standard InChI is InChI=1S/C15H11N3S/c1-2-6-11(7-3-1)15-13-10-19-14-9-5-4-8-12(14)18(13)17-16-15/h1-9H,10H2. The van der Waals surface area contributed by atoms with Gasteiger partial charge in [0.05, 0.1) is 11.4 Å².